The molecular formula is C25H27N3O. The Bertz CT molecular complexity index is 943. The van der Waals surface area contributed by atoms with E-state index in [1.807, 2.05) is 30.3 Å². The highest BCUT2D eigenvalue weighted by Crippen LogP contribution is 2.23. The van der Waals surface area contributed by atoms with Gasteiger partial charge in [0.15, 0.2) is 0 Å². The molecule has 1 fully saturated rings. The van der Waals surface area contributed by atoms with Gasteiger partial charge in [0.05, 0.1) is 5.92 Å². The number of aromatic nitrogens is 1. The van der Waals surface area contributed by atoms with Crippen LogP contribution in [0.4, 0.5) is 0 Å². The Labute approximate surface area is 172 Å². The summed E-state index contributed by atoms with van der Waals surface area (Å²) in [4.78, 5) is 21.5. The SMILES string of the molecule is CN1CCN(Cc2ccccc2)CC(Cc2cccc(-c3cccnc3)c2)C1=O. The van der Waals surface area contributed by atoms with Crippen molar-refractivity contribution in [3.8, 4) is 11.1 Å². The number of hydrogen-bond acceptors (Lipinski definition) is 3. The van der Waals surface area contributed by atoms with Crippen LogP contribution >= 0.6 is 0 Å². The maximum atomic E-state index is 13.0. The second kappa shape index (κ2) is 9.01. The molecule has 0 bridgehead atoms. The smallest absolute Gasteiger partial charge is 0.227 e. The van der Waals surface area contributed by atoms with Crippen LogP contribution in [0.1, 0.15) is 11.1 Å². The summed E-state index contributed by atoms with van der Waals surface area (Å²) in [6.45, 7) is 3.35. The molecule has 0 aliphatic carbocycles. The summed E-state index contributed by atoms with van der Waals surface area (Å²) >= 11 is 0. The lowest BCUT2D eigenvalue weighted by Gasteiger charge is -2.23. The van der Waals surface area contributed by atoms with E-state index in [4.69, 9.17) is 0 Å². The molecule has 1 saturated heterocycles. The van der Waals surface area contributed by atoms with Crippen molar-refractivity contribution in [2.24, 2.45) is 5.92 Å². The fourth-order valence-corrected chi connectivity index (χ4v) is 4.03. The molecule has 29 heavy (non-hydrogen) atoms. The van der Waals surface area contributed by atoms with Crippen LogP contribution in [-0.2, 0) is 17.8 Å². The summed E-state index contributed by atoms with van der Waals surface area (Å²) in [5.74, 6) is 0.211. The predicted molar refractivity (Wildman–Crippen MR) is 116 cm³/mol. The van der Waals surface area contributed by atoms with Gasteiger partial charge in [-0.2, -0.15) is 0 Å². The van der Waals surface area contributed by atoms with Crippen LogP contribution in [0.15, 0.2) is 79.1 Å². The lowest BCUT2D eigenvalue weighted by Crippen LogP contribution is -2.34. The number of nitrogens with zero attached hydrogens (tertiary/aromatic N) is 3. The van der Waals surface area contributed by atoms with Gasteiger partial charge in [0.2, 0.25) is 5.91 Å². The van der Waals surface area contributed by atoms with Gasteiger partial charge in [0, 0.05) is 45.6 Å². The number of amides is 1. The lowest BCUT2D eigenvalue weighted by atomic mass is 9.95. The van der Waals surface area contributed by atoms with E-state index in [1.54, 1.807) is 6.20 Å². The maximum absolute atomic E-state index is 13.0. The van der Waals surface area contributed by atoms with Crippen LogP contribution in [0.5, 0.6) is 0 Å². The van der Waals surface area contributed by atoms with E-state index in [9.17, 15) is 4.79 Å². The standard InChI is InChI=1S/C25H27N3O/c1-27-13-14-28(18-20-7-3-2-4-8-20)19-24(25(27)29)16-21-9-5-10-22(15-21)23-11-6-12-26-17-23/h2-12,15,17,24H,13-14,16,18-19H2,1H3. The van der Waals surface area contributed by atoms with Gasteiger partial charge in [-0.1, -0.05) is 60.7 Å². The van der Waals surface area contributed by atoms with E-state index >= 15 is 0 Å². The van der Waals surface area contributed by atoms with Gasteiger partial charge >= 0.3 is 0 Å². The molecular weight excluding hydrogens is 358 g/mol. The fourth-order valence-electron chi connectivity index (χ4n) is 4.03. The molecule has 2 aromatic carbocycles. The number of benzene rings is 2. The minimum Gasteiger partial charge on any atom is -0.344 e. The third-order valence-electron chi connectivity index (χ3n) is 5.61. The number of rotatable bonds is 5. The average Bonchev–Trinajstić information content (AvgIpc) is 2.89. The highest BCUT2D eigenvalue weighted by atomic mass is 16.2. The molecule has 4 nitrogen and oxygen atoms in total. The van der Waals surface area contributed by atoms with Crippen molar-refractivity contribution in [3.63, 3.8) is 0 Å². The Hall–Kier alpha value is -2.98. The Kier molecular flexibility index (Phi) is 6.01. The molecule has 1 unspecified atom stereocenters. The predicted octanol–water partition coefficient (Wildman–Crippen LogP) is 3.88. The van der Waals surface area contributed by atoms with Crippen molar-refractivity contribution < 1.29 is 4.79 Å². The van der Waals surface area contributed by atoms with Crippen molar-refractivity contribution in [1.29, 1.82) is 0 Å². The normalized spacial score (nSPS) is 17.9. The van der Waals surface area contributed by atoms with Crippen LogP contribution in [0.2, 0.25) is 0 Å². The summed E-state index contributed by atoms with van der Waals surface area (Å²) in [6.07, 6.45) is 4.42. The van der Waals surface area contributed by atoms with Gasteiger partial charge in [-0.3, -0.25) is 14.7 Å². The molecule has 1 aliphatic heterocycles. The maximum Gasteiger partial charge on any atom is 0.227 e. The quantitative estimate of drug-likeness (QED) is 0.669. The number of hydrogen-bond donors (Lipinski definition) is 0. The highest BCUT2D eigenvalue weighted by molar-refractivity contribution is 5.79. The van der Waals surface area contributed by atoms with E-state index in [1.165, 1.54) is 11.1 Å². The Morgan fingerprint density at radius 3 is 2.52 bits per heavy atom. The van der Waals surface area contributed by atoms with Crippen LogP contribution in [0.3, 0.4) is 0 Å². The van der Waals surface area contributed by atoms with Gasteiger partial charge < -0.3 is 4.90 Å². The van der Waals surface area contributed by atoms with Crippen molar-refractivity contribution >= 4 is 5.91 Å². The van der Waals surface area contributed by atoms with Gasteiger partial charge in [-0.05, 0) is 34.7 Å². The number of carbonyl (C=O) groups excluding carboxylic acids is 1. The lowest BCUT2D eigenvalue weighted by molar-refractivity contribution is -0.133. The van der Waals surface area contributed by atoms with E-state index in [0.29, 0.717) is 0 Å². The van der Waals surface area contributed by atoms with Gasteiger partial charge in [0.25, 0.3) is 0 Å². The summed E-state index contributed by atoms with van der Waals surface area (Å²) in [7, 11) is 1.92. The van der Waals surface area contributed by atoms with Crippen molar-refractivity contribution in [3.05, 3.63) is 90.3 Å². The molecule has 1 aromatic heterocycles. The largest absolute Gasteiger partial charge is 0.344 e. The van der Waals surface area contributed by atoms with Crippen LogP contribution in [-0.4, -0.2) is 47.4 Å². The topological polar surface area (TPSA) is 36.4 Å². The molecule has 1 amide bonds. The average molecular weight is 386 g/mol. The zero-order valence-electron chi connectivity index (χ0n) is 16.9. The number of likely N-dealkylation sites (N-methyl/N-ethyl adjacent to an activating group) is 1. The van der Waals surface area contributed by atoms with E-state index in [2.05, 4.69) is 64.5 Å². The van der Waals surface area contributed by atoms with Crippen molar-refractivity contribution in [2.45, 2.75) is 13.0 Å². The fraction of sp³-hybridized carbons (Fsp3) is 0.280. The molecule has 3 aromatic rings. The molecule has 0 radical (unpaired) electrons. The molecule has 4 heteroatoms. The Morgan fingerprint density at radius 1 is 0.931 bits per heavy atom. The van der Waals surface area contributed by atoms with Gasteiger partial charge in [0.1, 0.15) is 0 Å². The molecule has 1 aliphatic rings. The van der Waals surface area contributed by atoms with Gasteiger partial charge in [-0.15, -0.1) is 0 Å². The van der Waals surface area contributed by atoms with Crippen LogP contribution in [0.25, 0.3) is 11.1 Å². The summed E-state index contributed by atoms with van der Waals surface area (Å²) in [5, 5.41) is 0. The molecule has 0 spiro atoms. The van der Waals surface area contributed by atoms with Gasteiger partial charge in [-0.25, -0.2) is 0 Å². The molecule has 0 saturated carbocycles. The second-order valence-corrected chi connectivity index (χ2v) is 7.82. The zero-order valence-corrected chi connectivity index (χ0v) is 16.9. The minimum atomic E-state index is -0.0321. The molecule has 2 heterocycles. The first-order valence-electron chi connectivity index (χ1n) is 10.2. The van der Waals surface area contributed by atoms with E-state index in [-0.39, 0.29) is 11.8 Å². The van der Waals surface area contributed by atoms with Crippen LogP contribution < -0.4 is 0 Å². The summed E-state index contributed by atoms with van der Waals surface area (Å²) < 4.78 is 0. The highest BCUT2D eigenvalue weighted by Gasteiger charge is 2.28. The molecule has 148 valence electrons. The first kappa shape index (κ1) is 19.3. The van der Waals surface area contributed by atoms with Crippen molar-refractivity contribution in [2.75, 3.05) is 26.7 Å². The zero-order chi connectivity index (χ0) is 20.1. The number of carbonyl (C=O) groups is 1. The van der Waals surface area contributed by atoms with E-state index < -0.39 is 0 Å². The Morgan fingerprint density at radius 2 is 1.72 bits per heavy atom. The Balaban J connectivity index is 1.52. The monoisotopic (exact) mass is 385 g/mol. The first-order valence-corrected chi connectivity index (χ1v) is 10.2. The summed E-state index contributed by atoms with van der Waals surface area (Å²) in [5.41, 5.74) is 4.73. The summed E-state index contributed by atoms with van der Waals surface area (Å²) in [6, 6.07) is 23.0. The van der Waals surface area contributed by atoms with E-state index in [0.717, 1.165) is 43.7 Å². The third kappa shape index (κ3) is 4.90. The van der Waals surface area contributed by atoms with Crippen molar-refractivity contribution in [1.82, 2.24) is 14.8 Å². The van der Waals surface area contributed by atoms with Crippen LogP contribution in [0, 0.1) is 5.92 Å². The third-order valence-corrected chi connectivity index (χ3v) is 5.61. The first-order chi connectivity index (χ1) is 14.2. The minimum absolute atomic E-state index is 0.0321. The molecule has 4 rings (SSSR count). The second-order valence-electron chi connectivity index (χ2n) is 7.82. The molecule has 0 N–H and O–H groups in total. The molecule has 1 atom stereocenters. The number of pyridine rings is 1.